The van der Waals surface area contributed by atoms with Crippen molar-refractivity contribution >= 4 is 5.78 Å². The summed E-state index contributed by atoms with van der Waals surface area (Å²) in [4.78, 5) is 12.0. The van der Waals surface area contributed by atoms with Crippen LogP contribution in [-0.4, -0.2) is 5.78 Å². The number of rotatable bonds is 3. The number of hydrogen-bond donors (Lipinski definition) is 0. The maximum absolute atomic E-state index is 13.0. The van der Waals surface area contributed by atoms with Gasteiger partial charge in [-0.15, -0.1) is 0 Å². The second kappa shape index (κ2) is 5.68. The van der Waals surface area contributed by atoms with E-state index >= 15 is 0 Å². The van der Waals surface area contributed by atoms with E-state index in [-0.39, 0.29) is 17.8 Å². The molecule has 0 aliphatic carbocycles. The normalized spacial score (nSPS) is 11.5. The Hall–Kier alpha value is -2.17. The fourth-order valence-electron chi connectivity index (χ4n) is 1.98. The van der Waals surface area contributed by atoms with Crippen molar-refractivity contribution in [3.05, 3.63) is 70.5 Å². The van der Waals surface area contributed by atoms with Crippen LogP contribution in [-0.2, 0) is 12.6 Å². The number of alkyl halides is 3. The minimum Gasteiger partial charge on any atom is -0.294 e. The molecule has 0 aliphatic heterocycles. The number of Topliss-reactive ketones (excluding diaryl/α,β-unsaturated/α-hetero) is 1. The number of carbonyl (C=O) groups is 1. The maximum Gasteiger partial charge on any atom is 0.416 e. The fraction of sp³-hybridized carbons (Fsp3) is 0.188. The van der Waals surface area contributed by atoms with Crippen LogP contribution >= 0.6 is 0 Å². The van der Waals surface area contributed by atoms with Crippen molar-refractivity contribution in [2.45, 2.75) is 19.5 Å². The van der Waals surface area contributed by atoms with Gasteiger partial charge in [0.25, 0.3) is 0 Å². The van der Waals surface area contributed by atoms with Gasteiger partial charge in [0.15, 0.2) is 5.78 Å². The van der Waals surface area contributed by atoms with E-state index in [1.165, 1.54) is 18.2 Å². The first-order valence-corrected chi connectivity index (χ1v) is 6.23. The summed E-state index contributed by atoms with van der Waals surface area (Å²) in [6.07, 6.45) is -4.40. The number of carbonyl (C=O) groups excluding carboxylic acids is 1. The zero-order valence-corrected chi connectivity index (χ0v) is 11.2. The molecule has 0 amide bonds. The average molecular weight is 296 g/mol. The number of aryl methyl sites for hydroxylation is 1. The second-order valence-electron chi connectivity index (χ2n) is 4.75. The third-order valence-corrected chi connectivity index (χ3v) is 3.19. The summed E-state index contributed by atoms with van der Waals surface area (Å²) in [5, 5.41) is 0. The van der Waals surface area contributed by atoms with Crippen LogP contribution in [0.1, 0.15) is 27.0 Å². The molecule has 5 heteroatoms. The molecule has 0 radical (unpaired) electrons. The quantitative estimate of drug-likeness (QED) is 0.598. The lowest BCUT2D eigenvalue weighted by molar-refractivity contribution is -0.137. The minimum atomic E-state index is -4.42. The second-order valence-corrected chi connectivity index (χ2v) is 4.75. The summed E-state index contributed by atoms with van der Waals surface area (Å²) >= 11 is 0. The number of hydrogen-bond acceptors (Lipinski definition) is 1. The van der Waals surface area contributed by atoms with Gasteiger partial charge in [0.1, 0.15) is 5.82 Å². The van der Waals surface area contributed by atoms with E-state index in [2.05, 4.69) is 0 Å². The summed E-state index contributed by atoms with van der Waals surface area (Å²) in [7, 11) is 0. The van der Waals surface area contributed by atoms with Gasteiger partial charge in [0.05, 0.1) is 5.56 Å². The van der Waals surface area contributed by atoms with Gasteiger partial charge in [-0.1, -0.05) is 18.2 Å². The van der Waals surface area contributed by atoms with Crippen LogP contribution in [0.2, 0.25) is 0 Å². The van der Waals surface area contributed by atoms with Crippen molar-refractivity contribution < 1.29 is 22.4 Å². The van der Waals surface area contributed by atoms with Crippen LogP contribution in [0.4, 0.5) is 17.6 Å². The smallest absolute Gasteiger partial charge is 0.294 e. The third kappa shape index (κ3) is 3.68. The van der Waals surface area contributed by atoms with Crippen LogP contribution < -0.4 is 0 Å². The summed E-state index contributed by atoms with van der Waals surface area (Å²) < 4.78 is 50.3. The van der Waals surface area contributed by atoms with Gasteiger partial charge in [0.2, 0.25) is 0 Å². The molecule has 110 valence electrons. The summed E-state index contributed by atoms with van der Waals surface area (Å²) in [5.74, 6) is -0.698. The Morgan fingerprint density at radius 1 is 1.05 bits per heavy atom. The molecule has 2 aromatic carbocycles. The van der Waals surface area contributed by atoms with Crippen molar-refractivity contribution in [1.82, 2.24) is 0 Å². The van der Waals surface area contributed by atoms with E-state index in [1.54, 1.807) is 6.92 Å². The molecule has 2 rings (SSSR count). The summed E-state index contributed by atoms with van der Waals surface area (Å²) in [6.45, 7) is 1.68. The van der Waals surface area contributed by atoms with Crippen LogP contribution in [0.5, 0.6) is 0 Å². The highest BCUT2D eigenvalue weighted by Crippen LogP contribution is 2.29. The molecule has 0 spiro atoms. The predicted octanol–water partition coefficient (Wildman–Crippen LogP) is 4.58. The standard InChI is InChI=1S/C16H12F4O/c1-10-8-14(17)7-4-12(10)9-15(21)11-2-5-13(6-3-11)16(18,19)20/h2-8H,9H2,1H3. The highest BCUT2D eigenvalue weighted by molar-refractivity contribution is 5.97. The molecule has 0 atom stereocenters. The molecule has 0 heterocycles. The first kappa shape index (κ1) is 15.2. The van der Waals surface area contributed by atoms with Gasteiger partial charge in [-0.3, -0.25) is 4.79 Å². The molecule has 2 aromatic rings. The van der Waals surface area contributed by atoms with E-state index in [0.29, 0.717) is 11.1 Å². The molecular weight excluding hydrogens is 284 g/mol. The van der Waals surface area contributed by atoms with E-state index in [1.807, 2.05) is 0 Å². The van der Waals surface area contributed by atoms with Crippen molar-refractivity contribution in [1.29, 1.82) is 0 Å². The van der Waals surface area contributed by atoms with Crippen LogP contribution in [0.25, 0.3) is 0 Å². The summed E-state index contributed by atoms with van der Waals surface area (Å²) in [6, 6.07) is 8.15. The molecule has 0 N–H and O–H groups in total. The molecule has 0 saturated carbocycles. The highest BCUT2D eigenvalue weighted by atomic mass is 19.4. The van der Waals surface area contributed by atoms with Crippen molar-refractivity contribution in [2.75, 3.05) is 0 Å². The molecular formula is C16H12F4O. The number of benzene rings is 2. The molecule has 0 saturated heterocycles. The zero-order valence-electron chi connectivity index (χ0n) is 11.2. The number of halogens is 4. The van der Waals surface area contributed by atoms with E-state index in [4.69, 9.17) is 0 Å². The Balaban J connectivity index is 2.17. The molecule has 0 bridgehead atoms. The Labute approximate surface area is 119 Å². The first-order chi connectivity index (χ1) is 9.77. The number of ketones is 1. The van der Waals surface area contributed by atoms with Crippen molar-refractivity contribution in [2.24, 2.45) is 0 Å². The molecule has 21 heavy (non-hydrogen) atoms. The topological polar surface area (TPSA) is 17.1 Å². The summed E-state index contributed by atoms with van der Waals surface area (Å²) in [5.41, 5.74) is 0.695. The SMILES string of the molecule is Cc1cc(F)ccc1CC(=O)c1ccc(C(F)(F)F)cc1. The molecule has 1 nitrogen and oxygen atoms in total. The lowest BCUT2D eigenvalue weighted by Crippen LogP contribution is -2.08. The average Bonchev–Trinajstić information content (AvgIpc) is 2.41. The van der Waals surface area contributed by atoms with Gasteiger partial charge in [-0.25, -0.2) is 4.39 Å². The van der Waals surface area contributed by atoms with Crippen LogP contribution in [0, 0.1) is 12.7 Å². The van der Waals surface area contributed by atoms with Gasteiger partial charge >= 0.3 is 6.18 Å². The predicted molar refractivity (Wildman–Crippen MR) is 70.6 cm³/mol. The minimum absolute atomic E-state index is 0.0253. The van der Waals surface area contributed by atoms with Gasteiger partial charge in [0, 0.05) is 12.0 Å². The van der Waals surface area contributed by atoms with Crippen LogP contribution in [0.15, 0.2) is 42.5 Å². The third-order valence-electron chi connectivity index (χ3n) is 3.19. The first-order valence-electron chi connectivity index (χ1n) is 6.23. The lowest BCUT2D eigenvalue weighted by atomic mass is 9.99. The van der Waals surface area contributed by atoms with Crippen molar-refractivity contribution in [3.63, 3.8) is 0 Å². The molecule has 0 unspecified atom stereocenters. The zero-order chi connectivity index (χ0) is 15.6. The van der Waals surface area contributed by atoms with Gasteiger partial charge in [-0.2, -0.15) is 13.2 Å². The van der Waals surface area contributed by atoms with Gasteiger partial charge < -0.3 is 0 Å². The Morgan fingerprint density at radius 3 is 2.19 bits per heavy atom. The maximum atomic E-state index is 13.0. The molecule has 0 fully saturated rings. The molecule has 0 aromatic heterocycles. The Kier molecular flexibility index (Phi) is 4.11. The largest absolute Gasteiger partial charge is 0.416 e. The fourth-order valence-corrected chi connectivity index (χ4v) is 1.98. The van der Waals surface area contributed by atoms with Crippen molar-refractivity contribution in [3.8, 4) is 0 Å². The lowest BCUT2D eigenvalue weighted by Gasteiger charge is -2.08. The van der Waals surface area contributed by atoms with Crippen LogP contribution in [0.3, 0.4) is 0 Å². The Morgan fingerprint density at radius 2 is 1.67 bits per heavy atom. The molecule has 0 aliphatic rings. The van der Waals surface area contributed by atoms with Gasteiger partial charge in [-0.05, 0) is 42.3 Å². The monoisotopic (exact) mass is 296 g/mol. The highest BCUT2D eigenvalue weighted by Gasteiger charge is 2.30. The van der Waals surface area contributed by atoms with E-state index < -0.39 is 17.6 Å². The van der Waals surface area contributed by atoms with E-state index in [0.717, 1.165) is 24.3 Å². The Bertz CT molecular complexity index is 657. The van der Waals surface area contributed by atoms with E-state index in [9.17, 15) is 22.4 Å².